The Morgan fingerprint density at radius 3 is 2.50 bits per heavy atom. The third-order valence-corrected chi connectivity index (χ3v) is 2.27. The van der Waals surface area contributed by atoms with Crippen LogP contribution in [0.3, 0.4) is 0 Å². The molecule has 1 aliphatic heterocycles. The molecule has 0 spiro atoms. The fourth-order valence-electron chi connectivity index (χ4n) is 0.554. The number of hydrogen-bond donors (Lipinski definition) is 0. The summed E-state index contributed by atoms with van der Waals surface area (Å²) in [4.78, 5) is 21.5. The molecule has 0 aromatic rings. The Morgan fingerprint density at radius 2 is 2.10 bits per heavy atom. The SMILES string of the molecule is CC1(C)OCC(=O)SC1=O. The summed E-state index contributed by atoms with van der Waals surface area (Å²) in [6.45, 7) is 3.37. The zero-order valence-electron chi connectivity index (χ0n) is 5.84. The lowest BCUT2D eigenvalue weighted by atomic mass is 10.2. The van der Waals surface area contributed by atoms with E-state index in [9.17, 15) is 9.59 Å². The van der Waals surface area contributed by atoms with Crippen LogP contribution in [0.1, 0.15) is 13.8 Å². The molecule has 0 aromatic heterocycles. The molecule has 0 saturated carbocycles. The van der Waals surface area contributed by atoms with Crippen molar-refractivity contribution < 1.29 is 14.3 Å². The minimum absolute atomic E-state index is 0.0450. The number of carbonyl (C=O) groups excluding carboxylic acids is 2. The van der Waals surface area contributed by atoms with Crippen LogP contribution in [0.5, 0.6) is 0 Å². The van der Waals surface area contributed by atoms with Gasteiger partial charge >= 0.3 is 0 Å². The Morgan fingerprint density at radius 1 is 1.50 bits per heavy atom. The molecule has 0 bridgehead atoms. The van der Waals surface area contributed by atoms with Crippen molar-refractivity contribution in [2.75, 3.05) is 6.61 Å². The van der Waals surface area contributed by atoms with E-state index in [2.05, 4.69) is 0 Å². The minimum Gasteiger partial charge on any atom is -0.358 e. The number of ether oxygens (including phenoxy) is 1. The lowest BCUT2D eigenvalue weighted by molar-refractivity contribution is -0.138. The van der Waals surface area contributed by atoms with Gasteiger partial charge in [0.15, 0.2) is 0 Å². The largest absolute Gasteiger partial charge is 0.358 e. The van der Waals surface area contributed by atoms with Crippen LogP contribution in [0.4, 0.5) is 0 Å². The first-order valence-corrected chi connectivity index (χ1v) is 3.73. The molecule has 0 amide bonds. The molecule has 56 valence electrons. The van der Waals surface area contributed by atoms with Crippen molar-refractivity contribution in [1.29, 1.82) is 0 Å². The Labute approximate surface area is 63.1 Å². The molecular formula is C6H8O3S. The van der Waals surface area contributed by atoms with Crippen LogP contribution in [0.2, 0.25) is 0 Å². The molecule has 1 saturated heterocycles. The number of thioether (sulfide) groups is 1. The van der Waals surface area contributed by atoms with Gasteiger partial charge in [-0.3, -0.25) is 9.59 Å². The van der Waals surface area contributed by atoms with E-state index in [1.54, 1.807) is 13.8 Å². The molecule has 0 aliphatic carbocycles. The van der Waals surface area contributed by atoms with Crippen LogP contribution >= 0.6 is 11.8 Å². The summed E-state index contributed by atoms with van der Waals surface area (Å²) < 4.78 is 4.97. The smallest absolute Gasteiger partial charge is 0.227 e. The van der Waals surface area contributed by atoms with Crippen LogP contribution in [0.15, 0.2) is 0 Å². The zero-order valence-corrected chi connectivity index (χ0v) is 6.66. The maximum Gasteiger partial charge on any atom is 0.227 e. The number of rotatable bonds is 0. The van der Waals surface area contributed by atoms with E-state index in [1.165, 1.54) is 0 Å². The van der Waals surface area contributed by atoms with E-state index >= 15 is 0 Å². The van der Waals surface area contributed by atoms with Crippen molar-refractivity contribution in [3.8, 4) is 0 Å². The van der Waals surface area contributed by atoms with Crippen molar-refractivity contribution in [2.24, 2.45) is 0 Å². The summed E-state index contributed by atoms with van der Waals surface area (Å²) in [5.41, 5.74) is -0.779. The molecule has 0 radical (unpaired) electrons. The molecule has 4 heteroatoms. The molecule has 3 nitrogen and oxygen atoms in total. The first kappa shape index (κ1) is 7.75. The van der Waals surface area contributed by atoms with Gasteiger partial charge in [-0.15, -0.1) is 0 Å². The van der Waals surface area contributed by atoms with Gasteiger partial charge in [0.05, 0.1) is 0 Å². The highest BCUT2D eigenvalue weighted by molar-refractivity contribution is 8.26. The maximum atomic E-state index is 10.9. The van der Waals surface area contributed by atoms with Gasteiger partial charge in [0.1, 0.15) is 12.2 Å². The Balaban J connectivity index is 2.70. The molecule has 0 N–H and O–H groups in total. The summed E-state index contributed by atoms with van der Waals surface area (Å²) in [6.07, 6.45) is 0. The molecule has 10 heavy (non-hydrogen) atoms. The van der Waals surface area contributed by atoms with E-state index in [1.807, 2.05) is 0 Å². The van der Waals surface area contributed by atoms with Crippen molar-refractivity contribution >= 4 is 22.0 Å². The van der Waals surface area contributed by atoms with Crippen LogP contribution in [-0.4, -0.2) is 22.4 Å². The van der Waals surface area contributed by atoms with Gasteiger partial charge < -0.3 is 4.74 Å². The molecule has 1 fully saturated rings. The van der Waals surface area contributed by atoms with Crippen LogP contribution in [0, 0.1) is 0 Å². The van der Waals surface area contributed by atoms with E-state index in [4.69, 9.17) is 4.74 Å². The van der Waals surface area contributed by atoms with Gasteiger partial charge in [-0.2, -0.15) is 0 Å². The lowest BCUT2D eigenvalue weighted by Gasteiger charge is -2.25. The summed E-state index contributed by atoms with van der Waals surface area (Å²) in [6, 6.07) is 0. The third kappa shape index (κ3) is 1.38. The van der Waals surface area contributed by atoms with Crippen molar-refractivity contribution in [3.05, 3.63) is 0 Å². The van der Waals surface area contributed by atoms with Gasteiger partial charge in [-0.05, 0) is 25.6 Å². The maximum absolute atomic E-state index is 10.9. The number of carbonyl (C=O) groups is 2. The highest BCUT2D eigenvalue weighted by atomic mass is 32.2. The molecular weight excluding hydrogens is 152 g/mol. The van der Waals surface area contributed by atoms with Gasteiger partial charge in [0.2, 0.25) is 10.2 Å². The Hall–Kier alpha value is -0.350. The van der Waals surface area contributed by atoms with E-state index in [0.29, 0.717) is 0 Å². The zero-order chi connectivity index (χ0) is 7.78. The van der Waals surface area contributed by atoms with E-state index in [-0.39, 0.29) is 16.8 Å². The van der Waals surface area contributed by atoms with Crippen LogP contribution in [-0.2, 0) is 14.3 Å². The fraction of sp³-hybridized carbons (Fsp3) is 0.667. The second-order valence-corrected chi connectivity index (χ2v) is 3.59. The lowest BCUT2D eigenvalue weighted by Crippen LogP contribution is -2.39. The van der Waals surface area contributed by atoms with Crippen molar-refractivity contribution in [1.82, 2.24) is 0 Å². The monoisotopic (exact) mass is 160 g/mol. The van der Waals surface area contributed by atoms with Crippen molar-refractivity contribution in [2.45, 2.75) is 19.4 Å². The Kier molecular flexibility index (Phi) is 1.83. The second-order valence-electron chi connectivity index (χ2n) is 2.56. The standard InChI is InChI=1S/C6H8O3S/c1-6(2)5(8)10-4(7)3-9-6/h3H2,1-2H3. The summed E-state index contributed by atoms with van der Waals surface area (Å²) in [5.74, 6) is 0. The van der Waals surface area contributed by atoms with Gasteiger partial charge in [-0.1, -0.05) is 0 Å². The highest BCUT2D eigenvalue weighted by Gasteiger charge is 2.35. The fourth-order valence-corrected chi connectivity index (χ4v) is 1.18. The average Bonchev–Trinajstić information content (AvgIpc) is 1.81. The summed E-state index contributed by atoms with van der Waals surface area (Å²) in [7, 11) is 0. The van der Waals surface area contributed by atoms with Crippen molar-refractivity contribution in [3.63, 3.8) is 0 Å². The molecule has 0 unspecified atom stereocenters. The Bertz CT molecular complexity index is 185. The van der Waals surface area contributed by atoms with E-state index < -0.39 is 5.60 Å². The topological polar surface area (TPSA) is 43.4 Å². The average molecular weight is 160 g/mol. The normalized spacial score (nSPS) is 25.0. The predicted octanol–water partition coefficient (Wildman–Crippen LogP) is 0.582. The first-order valence-electron chi connectivity index (χ1n) is 2.91. The van der Waals surface area contributed by atoms with Gasteiger partial charge in [0, 0.05) is 0 Å². The van der Waals surface area contributed by atoms with Crippen LogP contribution < -0.4 is 0 Å². The van der Waals surface area contributed by atoms with Gasteiger partial charge in [-0.25, -0.2) is 0 Å². The van der Waals surface area contributed by atoms with Crippen LogP contribution in [0.25, 0.3) is 0 Å². The summed E-state index contributed by atoms with van der Waals surface area (Å²) in [5, 5.41) is -0.409. The number of hydrogen-bond acceptors (Lipinski definition) is 4. The molecule has 1 heterocycles. The molecule has 0 atom stereocenters. The highest BCUT2D eigenvalue weighted by Crippen LogP contribution is 2.24. The predicted molar refractivity (Wildman–Crippen MR) is 37.6 cm³/mol. The molecule has 1 aliphatic rings. The second kappa shape index (κ2) is 2.36. The van der Waals surface area contributed by atoms with E-state index in [0.717, 1.165) is 11.8 Å². The van der Waals surface area contributed by atoms with Gasteiger partial charge in [0.25, 0.3) is 0 Å². The summed E-state index contributed by atoms with van der Waals surface area (Å²) >= 11 is 0.745. The quantitative estimate of drug-likeness (QED) is 0.520. The first-order chi connectivity index (χ1) is 4.52. The molecule has 1 rings (SSSR count). The minimum atomic E-state index is -0.779. The third-order valence-electron chi connectivity index (χ3n) is 1.25. The molecule has 0 aromatic carbocycles.